The van der Waals surface area contributed by atoms with E-state index < -0.39 is 10.0 Å². The van der Waals surface area contributed by atoms with Gasteiger partial charge in [0.2, 0.25) is 0 Å². The van der Waals surface area contributed by atoms with Gasteiger partial charge in [-0.1, -0.05) is 37.5 Å². The SMILES string of the molecule is COc1ccc(S(=O)(=O)Nc2ccccc2)cc1C(=O)NC1CCCCC1. The number of ether oxygens (including phenoxy) is 1. The molecule has 2 aromatic rings. The Hall–Kier alpha value is -2.54. The molecule has 27 heavy (non-hydrogen) atoms. The van der Waals surface area contributed by atoms with Gasteiger partial charge in [0, 0.05) is 11.7 Å². The zero-order valence-electron chi connectivity index (χ0n) is 15.3. The van der Waals surface area contributed by atoms with Crippen molar-refractivity contribution in [3.8, 4) is 5.75 Å². The molecule has 1 fully saturated rings. The van der Waals surface area contributed by atoms with Crippen molar-refractivity contribution in [2.75, 3.05) is 11.8 Å². The van der Waals surface area contributed by atoms with E-state index in [9.17, 15) is 13.2 Å². The number of benzene rings is 2. The third-order valence-electron chi connectivity index (χ3n) is 4.69. The number of rotatable bonds is 6. The van der Waals surface area contributed by atoms with Crippen LogP contribution >= 0.6 is 0 Å². The lowest BCUT2D eigenvalue weighted by molar-refractivity contribution is 0.0924. The van der Waals surface area contributed by atoms with Crippen LogP contribution in [0.3, 0.4) is 0 Å². The standard InChI is InChI=1S/C20H24N2O4S/c1-26-19-13-12-17(27(24,25)22-16-10-6-3-7-11-16)14-18(19)20(23)21-15-8-4-2-5-9-15/h3,6-7,10-15,22H,2,4-5,8-9H2,1H3,(H,21,23). The highest BCUT2D eigenvalue weighted by molar-refractivity contribution is 7.92. The second-order valence-electron chi connectivity index (χ2n) is 6.64. The summed E-state index contributed by atoms with van der Waals surface area (Å²) in [5, 5.41) is 3.00. The van der Waals surface area contributed by atoms with Crippen LogP contribution in [0.25, 0.3) is 0 Å². The first kappa shape index (κ1) is 19.2. The van der Waals surface area contributed by atoms with Crippen LogP contribution in [0, 0.1) is 0 Å². The van der Waals surface area contributed by atoms with Gasteiger partial charge in [-0.05, 0) is 43.2 Å². The minimum Gasteiger partial charge on any atom is -0.496 e. The van der Waals surface area contributed by atoms with Gasteiger partial charge in [-0.25, -0.2) is 8.42 Å². The van der Waals surface area contributed by atoms with E-state index in [-0.39, 0.29) is 22.4 Å². The Balaban J connectivity index is 1.85. The fourth-order valence-electron chi connectivity index (χ4n) is 3.26. The maximum atomic E-state index is 12.7. The van der Waals surface area contributed by atoms with E-state index in [1.807, 2.05) is 0 Å². The van der Waals surface area contributed by atoms with E-state index in [0.29, 0.717) is 11.4 Å². The average molecular weight is 388 g/mol. The molecule has 2 aromatic carbocycles. The smallest absolute Gasteiger partial charge is 0.261 e. The summed E-state index contributed by atoms with van der Waals surface area (Å²) in [5.74, 6) is 0.0393. The van der Waals surface area contributed by atoms with Gasteiger partial charge in [0.25, 0.3) is 15.9 Å². The highest BCUT2D eigenvalue weighted by Gasteiger charge is 2.22. The molecule has 0 aliphatic heterocycles. The van der Waals surface area contributed by atoms with E-state index in [0.717, 1.165) is 25.7 Å². The zero-order chi connectivity index (χ0) is 19.3. The highest BCUT2D eigenvalue weighted by Crippen LogP contribution is 2.25. The number of anilines is 1. The molecule has 0 atom stereocenters. The molecule has 0 aromatic heterocycles. The van der Waals surface area contributed by atoms with Crippen LogP contribution in [0.15, 0.2) is 53.4 Å². The van der Waals surface area contributed by atoms with Crippen LogP contribution in [0.4, 0.5) is 5.69 Å². The van der Waals surface area contributed by atoms with Crippen molar-refractivity contribution in [2.24, 2.45) is 0 Å². The van der Waals surface area contributed by atoms with Gasteiger partial charge in [-0.3, -0.25) is 9.52 Å². The second-order valence-corrected chi connectivity index (χ2v) is 8.32. The number of hydrogen-bond acceptors (Lipinski definition) is 4. The molecular weight excluding hydrogens is 364 g/mol. The van der Waals surface area contributed by atoms with Gasteiger partial charge in [0.05, 0.1) is 17.6 Å². The first-order chi connectivity index (χ1) is 13.0. The summed E-state index contributed by atoms with van der Waals surface area (Å²) in [7, 11) is -2.35. The van der Waals surface area contributed by atoms with Crippen LogP contribution in [0.2, 0.25) is 0 Å². The second kappa shape index (κ2) is 8.43. The Morgan fingerprint density at radius 2 is 1.74 bits per heavy atom. The molecule has 6 nitrogen and oxygen atoms in total. The van der Waals surface area contributed by atoms with E-state index in [1.165, 1.54) is 31.7 Å². The average Bonchev–Trinajstić information content (AvgIpc) is 2.68. The molecule has 1 aliphatic rings. The van der Waals surface area contributed by atoms with E-state index >= 15 is 0 Å². The molecule has 144 valence electrons. The number of nitrogens with one attached hydrogen (secondary N) is 2. The van der Waals surface area contributed by atoms with Crippen molar-refractivity contribution in [3.63, 3.8) is 0 Å². The fraction of sp³-hybridized carbons (Fsp3) is 0.350. The monoisotopic (exact) mass is 388 g/mol. The summed E-state index contributed by atoms with van der Waals surface area (Å²) in [6.07, 6.45) is 5.27. The molecule has 0 bridgehead atoms. The number of carbonyl (C=O) groups is 1. The minimum atomic E-state index is -3.81. The van der Waals surface area contributed by atoms with Crippen LogP contribution in [-0.2, 0) is 10.0 Å². The van der Waals surface area contributed by atoms with Gasteiger partial charge in [-0.2, -0.15) is 0 Å². The number of sulfonamides is 1. The van der Waals surface area contributed by atoms with Crippen molar-refractivity contribution in [2.45, 2.75) is 43.0 Å². The van der Waals surface area contributed by atoms with Crippen molar-refractivity contribution in [1.82, 2.24) is 5.32 Å². The molecule has 0 heterocycles. The molecule has 2 N–H and O–H groups in total. The van der Waals surface area contributed by atoms with Gasteiger partial charge >= 0.3 is 0 Å². The minimum absolute atomic E-state index is 0.0148. The third-order valence-corrected chi connectivity index (χ3v) is 6.07. The Labute approximate surface area is 160 Å². The predicted octanol–water partition coefficient (Wildman–Crippen LogP) is 3.56. The molecule has 0 spiro atoms. The summed E-state index contributed by atoms with van der Waals surface area (Å²) >= 11 is 0. The van der Waals surface area contributed by atoms with Gasteiger partial charge in [0.1, 0.15) is 5.75 Å². The van der Waals surface area contributed by atoms with E-state index in [2.05, 4.69) is 10.0 Å². The van der Waals surface area contributed by atoms with Crippen molar-refractivity contribution >= 4 is 21.6 Å². The number of methoxy groups -OCH3 is 1. The maximum Gasteiger partial charge on any atom is 0.261 e. The Morgan fingerprint density at radius 1 is 1.04 bits per heavy atom. The van der Waals surface area contributed by atoms with Crippen LogP contribution in [0.1, 0.15) is 42.5 Å². The molecule has 0 saturated heterocycles. The Bertz CT molecular complexity index is 891. The van der Waals surface area contributed by atoms with Gasteiger partial charge < -0.3 is 10.1 Å². The molecule has 1 saturated carbocycles. The molecule has 0 unspecified atom stereocenters. The quantitative estimate of drug-likeness (QED) is 0.792. The molecular formula is C20H24N2O4S. The maximum absolute atomic E-state index is 12.7. The normalized spacial score (nSPS) is 15.1. The van der Waals surface area contributed by atoms with Gasteiger partial charge in [0.15, 0.2) is 0 Å². The summed E-state index contributed by atoms with van der Waals surface area (Å²) in [6.45, 7) is 0. The highest BCUT2D eigenvalue weighted by atomic mass is 32.2. The Kier molecular flexibility index (Phi) is 6.01. The molecule has 3 rings (SSSR count). The van der Waals surface area contributed by atoms with Crippen LogP contribution in [0.5, 0.6) is 5.75 Å². The van der Waals surface area contributed by atoms with E-state index in [4.69, 9.17) is 4.74 Å². The Morgan fingerprint density at radius 3 is 2.41 bits per heavy atom. The lowest BCUT2D eigenvalue weighted by Crippen LogP contribution is -2.36. The predicted molar refractivity (Wildman–Crippen MR) is 105 cm³/mol. The number of para-hydroxylation sites is 1. The van der Waals surface area contributed by atoms with E-state index in [1.54, 1.807) is 30.3 Å². The van der Waals surface area contributed by atoms with Crippen molar-refractivity contribution < 1.29 is 17.9 Å². The lowest BCUT2D eigenvalue weighted by atomic mass is 9.95. The number of hydrogen-bond donors (Lipinski definition) is 2. The number of carbonyl (C=O) groups excluding carboxylic acids is 1. The number of amides is 1. The third kappa shape index (κ3) is 4.80. The van der Waals surface area contributed by atoms with Crippen molar-refractivity contribution in [3.05, 3.63) is 54.1 Å². The summed E-state index contributed by atoms with van der Waals surface area (Å²) in [4.78, 5) is 12.7. The van der Waals surface area contributed by atoms with Crippen molar-refractivity contribution in [1.29, 1.82) is 0 Å². The van der Waals surface area contributed by atoms with Gasteiger partial charge in [-0.15, -0.1) is 0 Å². The molecule has 1 amide bonds. The molecule has 0 radical (unpaired) electrons. The zero-order valence-corrected chi connectivity index (χ0v) is 16.1. The summed E-state index contributed by atoms with van der Waals surface area (Å²) in [6, 6.07) is 13.1. The van der Waals surface area contributed by atoms with Crippen LogP contribution < -0.4 is 14.8 Å². The first-order valence-corrected chi connectivity index (χ1v) is 10.5. The molecule has 1 aliphatic carbocycles. The fourth-order valence-corrected chi connectivity index (χ4v) is 4.35. The topological polar surface area (TPSA) is 84.5 Å². The summed E-state index contributed by atoms with van der Waals surface area (Å²) < 4.78 is 33.1. The molecule has 7 heteroatoms. The van der Waals surface area contributed by atoms with Crippen LogP contribution in [-0.4, -0.2) is 27.5 Å². The largest absolute Gasteiger partial charge is 0.496 e. The first-order valence-electron chi connectivity index (χ1n) is 9.06. The lowest BCUT2D eigenvalue weighted by Gasteiger charge is -2.23. The summed E-state index contributed by atoms with van der Waals surface area (Å²) in [5.41, 5.74) is 0.681.